The van der Waals surface area contributed by atoms with Crippen molar-refractivity contribution in [1.29, 1.82) is 0 Å². The van der Waals surface area contributed by atoms with E-state index in [0.29, 0.717) is 0 Å². The highest BCUT2D eigenvalue weighted by molar-refractivity contribution is 5.87. The van der Waals surface area contributed by atoms with Gasteiger partial charge in [0.25, 0.3) is 0 Å². The molecule has 0 radical (unpaired) electrons. The van der Waals surface area contributed by atoms with Crippen LogP contribution in [0.1, 0.15) is 20.3 Å². The van der Waals surface area contributed by atoms with E-state index in [1.165, 1.54) is 11.0 Å². The number of aliphatic hydroxyl groups is 1. The van der Waals surface area contributed by atoms with Gasteiger partial charge >= 0.3 is 0 Å². The monoisotopic (exact) mass is 264 g/mol. The molecular weight excluding hydrogens is 240 g/mol. The standard InChI is InChI=1S/C12H25N2O2.ClH/c1-7-11(16)13(10-15)12(2,3)8-9-14(4,5)6;/h7,15H,1,8-10H2,2-6H3;1H/q+1;/p-1. The summed E-state index contributed by atoms with van der Waals surface area (Å²) in [4.78, 5) is 13.0. The van der Waals surface area contributed by atoms with Crippen molar-refractivity contribution in [3.63, 3.8) is 0 Å². The maximum atomic E-state index is 11.6. The number of hydrogen-bond donors (Lipinski definition) is 1. The first kappa shape index (κ1) is 18.8. The average Bonchev–Trinajstić information content (AvgIpc) is 2.14. The summed E-state index contributed by atoms with van der Waals surface area (Å²) in [5.41, 5.74) is -0.356. The smallest absolute Gasteiger partial charge is 0.248 e. The number of nitrogens with zero attached hydrogens (tertiary/aromatic N) is 2. The molecule has 1 N–H and O–H groups in total. The molecule has 0 aromatic heterocycles. The average molecular weight is 265 g/mol. The van der Waals surface area contributed by atoms with E-state index in [4.69, 9.17) is 0 Å². The Morgan fingerprint density at radius 3 is 2.18 bits per heavy atom. The zero-order chi connectivity index (χ0) is 13.0. The number of quaternary nitrogens is 1. The summed E-state index contributed by atoms with van der Waals surface area (Å²) in [5.74, 6) is -0.228. The van der Waals surface area contributed by atoms with Crippen LogP contribution in [0.4, 0.5) is 0 Å². The van der Waals surface area contributed by atoms with E-state index in [1.54, 1.807) is 0 Å². The van der Waals surface area contributed by atoms with Crippen LogP contribution in [0, 0.1) is 0 Å². The Hall–Kier alpha value is -0.580. The fraction of sp³-hybridized carbons (Fsp3) is 0.750. The summed E-state index contributed by atoms with van der Waals surface area (Å²) in [5, 5.41) is 9.24. The Kier molecular flexibility index (Phi) is 7.72. The molecule has 0 heterocycles. The summed E-state index contributed by atoms with van der Waals surface area (Å²) in [6, 6.07) is 0. The number of rotatable bonds is 6. The molecule has 0 bridgehead atoms. The molecule has 4 nitrogen and oxygen atoms in total. The van der Waals surface area contributed by atoms with Gasteiger partial charge in [0.05, 0.1) is 27.7 Å². The lowest BCUT2D eigenvalue weighted by molar-refractivity contribution is -0.871. The van der Waals surface area contributed by atoms with Crippen LogP contribution >= 0.6 is 0 Å². The van der Waals surface area contributed by atoms with Gasteiger partial charge in [0.1, 0.15) is 6.73 Å². The van der Waals surface area contributed by atoms with Crippen LogP contribution < -0.4 is 12.4 Å². The predicted octanol–water partition coefficient (Wildman–Crippen LogP) is -2.17. The highest BCUT2D eigenvalue weighted by Gasteiger charge is 2.30. The zero-order valence-electron chi connectivity index (χ0n) is 11.5. The van der Waals surface area contributed by atoms with Crippen LogP contribution in [-0.2, 0) is 4.79 Å². The van der Waals surface area contributed by atoms with Crippen molar-refractivity contribution >= 4 is 5.91 Å². The number of carbonyl (C=O) groups excluding carboxylic acids is 1. The first-order valence-corrected chi connectivity index (χ1v) is 5.49. The second kappa shape index (κ2) is 6.99. The van der Waals surface area contributed by atoms with Crippen molar-refractivity contribution < 1.29 is 26.8 Å². The van der Waals surface area contributed by atoms with Crippen molar-refractivity contribution in [2.45, 2.75) is 25.8 Å². The third kappa shape index (κ3) is 6.66. The lowest BCUT2D eigenvalue weighted by Gasteiger charge is -2.38. The number of carbonyl (C=O) groups is 1. The Labute approximate surface area is 111 Å². The normalized spacial score (nSPS) is 11.6. The molecule has 0 atom stereocenters. The highest BCUT2D eigenvalue weighted by Crippen LogP contribution is 2.19. The Morgan fingerprint density at radius 2 is 1.88 bits per heavy atom. The minimum atomic E-state index is -0.356. The third-order valence-electron chi connectivity index (χ3n) is 2.71. The molecule has 0 aromatic rings. The van der Waals surface area contributed by atoms with Crippen LogP contribution in [0.5, 0.6) is 0 Å². The van der Waals surface area contributed by atoms with Crippen molar-refractivity contribution in [3.05, 3.63) is 12.7 Å². The topological polar surface area (TPSA) is 40.5 Å². The first-order chi connectivity index (χ1) is 7.14. The second-order valence-electron chi connectivity index (χ2n) is 5.69. The van der Waals surface area contributed by atoms with Crippen LogP contribution in [0.15, 0.2) is 12.7 Å². The van der Waals surface area contributed by atoms with Crippen LogP contribution in [0.3, 0.4) is 0 Å². The molecule has 17 heavy (non-hydrogen) atoms. The summed E-state index contributed by atoms with van der Waals surface area (Å²) < 4.78 is 0.838. The lowest BCUT2D eigenvalue weighted by Crippen LogP contribution is -3.00. The molecular formula is C12H25ClN2O2. The van der Waals surface area contributed by atoms with Gasteiger partial charge in [-0.05, 0) is 19.9 Å². The van der Waals surface area contributed by atoms with Gasteiger partial charge in [0.2, 0.25) is 5.91 Å². The number of hydrogen-bond acceptors (Lipinski definition) is 2. The predicted molar refractivity (Wildman–Crippen MR) is 65.7 cm³/mol. The molecule has 0 aliphatic rings. The minimum Gasteiger partial charge on any atom is -1.00 e. The van der Waals surface area contributed by atoms with Crippen LogP contribution in [0.2, 0.25) is 0 Å². The molecule has 102 valence electrons. The van der Waals surface area contributed by atoms with Crippen molar-refractivity contribution in [3.8, 4) is 0 Å². The number of amides is 1. The fourth-order valence-corrected chi connectivity index (χ4v) is 1.41. The van der Waals surface area contributed by atoms with Crippen LogP contribution in [-0.4, -0.2) is 60.4 Å². The Balaban J connectivity index is 0. The quantitative estimate of drug-likeness (QED) is 0.337. The molecule has 0 unspecified atom stereocenters. The third-order valence-corrected chi connectivity index (χ3v) is 2.71. The van der Waals surface area contributed by atoms with Gasteiger partial charge in [-0.15, -0.1) is 0 Å². The molecule has 0 saturated carbocycles. The molecule has 1 amide bonds. The van der Waals surface area contributed by atoms with Gasteiger partial charge in [0, 0.05) is 12.0 Å². The molecule has 0 aromatic carbocycles. The summed E-state index contributed by atoms with van der Waals surface area (Å²) in [6.07, 6.45) is 2.07. The summed E-state index contributed by atoms with van der Waals surface area (Å²) in [7, 11) is 6.32. The Bertz CT molecular complexity index is 260. The molecule has 0 rings (SSSR count). The van der Waals surface area contributed by atoms with E-state index in [1.807, 2.05) is 13.8 Å². The maximum Gasteiger partial charge on any atom is 0.248 e. The zero-order valence-corrected chi connectivity index (χ0v) is 12.3. The molecule has 0 fully saturated rings. The minimum absolute atomic E-state index is 0. The first-order valence-electron chi connectivity index (χ1n) is 5.49. The second-order valence-corrected chi connectivity index (χ2v) is 5.69. The van der Waals surface area contributed by atoms with Gasteiger partial charge in [-0.25, -0.2) is 0 Å². The number of aliphatic hydroxyl groups excluding tert-OH is 1. The number of halogens is 1. The lowest BCUT2D eigenvalue weighted by atomic mass is 9.97. The van der Waals surface area contributed by atoms with Gasteiger partial charge in [-0.1, -0.05) is 6.58 Å². The maximum absolute atomic E-state index is 11.6. The SMILES string of the molecule is C=CC(=O)N(CO)C(C)(C)CC[N+](C)(C)C.[Cl-]. The van der Waals surface area contributed by atoms with Gasteiger partial charge < -0.3 is 26.9 Å². The Morgan fingerprint density at radius 1 is 1.41 bits per heavy atom. The van der Waals surface area contributed by atoms with Crippen LogP contribution in [0.25, 0.3) is 0 Å². The highest BCUT2D eigenvalue weighted by atomic mass is 35.5. The van der Waals surface area contributed by atoms with E-state index in [0.717, 1.165) is 17.4 Å². The van der Waals surface area contributed by atoms with E-state index >= 15 is 0 Å². The van der Waals surface area contributed by atoms with Crippen molar-refractivity contribution in [2.75, 3.05) is 34.4 Å². The van der Waals surface area contributed by atoms with Gasteiger partial charge in [-0.3, -0.25) is 4.79 Å². The molecule has 0 saturated heterocycles. The van der Waals surface area contributed by atoms with E-state index < -0.39 is 0 Å². The van der Waals surface area contributed by atoms with E-state index in [-0.39, 0.29) is 30.6 Å². The summed E-state index contributed by atoms with van der Waals surface area (Å²) in [6.45, 7) is 8.03. The molecule has 0 aliphatic carbocycles. The largest absolute Gasteiger partial charge is 1.00 e. The van der Waals surface area contributed by atoms with Gasteiger partial charge in [-0.2, -0.15) is 0 Å². The van der Waals surface area contributed by atoms with E-state index in [2.05, 4.69) is 27.7 Å². The molecule has 5 heteroatoms. The van der Waals surface area contributed by atoms with Crippen molar-refractivity contribution in [1.82, 2.24) is 4.90 Å². The summed E-state index contributed by atoms with van der Waals surface area (Å²) >= 11 is 0. The molecule has 0 aliphatic heterocycles. The van der Waals surface area contributed by atoms with Crippen molar-refractivity contribution in [2.24, 2.45) is 0 Å². The van der Waals surface area contributed by atoms with E-state index in [9.17, 15) is 9.90 Å². The van der Waals surface area contributed by atoms with Gasteiger partial charge in [0.15, 0.2) is 0 Å². The fourth-order valence-electron chi connectivity index (χ4n) is 1.41. The molecule has 0 spiro atoms.